The number of rotatable bonds is 4. The number of aromatic nitrogens is 2. The van der Waals surface area contributed by atoms with Gasteiger partial charge in [0.15, 0.2) is 6.10 Å². The molecule has 1 N–H and O–H groups in total. The van der Waals surface area contributed by atoms with Crippen molar-refractivity contribution >= 4 is 5.91 Å². The van der Waals surface area contributed by atoms with Crippen LogP contribution in [0.25, 0.3) is 0 Å². The predicted octanol–water partition coefficient (Wildman–Crippen LogP) is 0.0315. The molecule has 1 aliphatic heterocycles. The van der Waals surface area contributed by atoms with Gasteiger partial charge in [0, 0.05) is 12.2 Å². The Balaban J connectivity index is 1.74. The van der Waals surface area contributed by atoms with Crippen LogP contribution in [0.3, 0.4) is 0 Å². The van der Waals surface area contributed by atoms with Crippen LogP contribution in [-0.2, 0) is 20.8 Å². The van der Waals surface area contributed by atoms with Crippen LogP contribution in [0.4, 0.5) is 0 Å². The minimum absolute atomic E-state index is 0.115. The molecule has 2 heterocycles. The number of nitrogens with one attached hydrogen (secondary N) is 1. The van der Waals surface area contributed by atoms with E-state index in [0.717, 1.165) is 11.4 Å². The van der Waals surface area contributed by atoms with Crippen molar-refractivity contribution in [3.8, 4) is 0 Å². The Morgan fingerprint density at radius 3 is 3.00 bits per heavy atom. The normalized spacial score (nSPS) is 19.8. The van der Waals surface area contributed by atoms with Gasteiger partial charge in [-0.15, -0.1) is 0 Å². The quantitative estimate of drug-likeness (QED) is 0.822. The van der Waals surface area contributed by atoms with E-state index in [9.17, 15) is 4.79 Å². The fraction of sp³-hybridized carbons (Fsp3) is 0.667. The third-order valence-corrected chi connectivity index (χ3v) is 2.83. The molecule has 1 saturated heterocycles. The summed E-state index contributed by atoms with van der Waals surface area (Å²) in [6.45, 7) is 6.55. The van der Waals surface area contributed by atoms with E-state index in [1.54, 1.807) is 0 Å². The Labute approximate surface area is 106 Å². The molecule has 1 amide bonds. The molecule has 100 valence electrons. The number of amides is 1. The Hall–Kier alpha value is -1.40. The zero-order valence-electron chi connectivity index (χ0n) is 10.8. The molecule has 0 bridgehead atoms. The van der Waals surface area contributed by atoms with Crippen molar-refractivity contribution in [2.24, 2.45) is 0 Å². The summed E-state index contributed by atoms with van der Waals surface area (Å²) in [5.41, 5.74) is 2.09. The van der Waals surface area contributed by atoms with Crippen LogP contribution >= 0.6 is 0 Å². The smallest absolute Gasteiger partial charge is 0.251 e. The fourth-order valence-corrected chi connectivity index (χ4v) is 1.94. The van der Waals surface area contributed by atoms with Gasteiger partial charge in [-0.1, -0.05) is 0 Å². The average Bonchev–Trinajstić information content (AvgIpc) is 2.69. The lowest BCUT2D eigenvalue weighted by Gasteiger charge is -2.22. The van der Waals surface area contributed by atoms with Crippen LogP contribution in [0.15, 0.2) is 6.07 Å². The minimum atomic E-state index is -0.473. The molecule has 0 aliphatic carbocycles. The molecule has 1 aromatic heterocycles. The van der Waals surface area contributed by atoms with Crippen molar-refractivity contribution < 1.29 is 14.3 Å². The highest BCUT2D eigenvalue weighted by molar-refractivity contribution is 5.80. The van der Waals surface area contributed by atoms with Crippen molar-refractivity contribution in [2.45, 2.75) is 26.5 Å². The maximum Gasteiger partial charge on any atom is 0.251 e. The molecule has 6 nitrogen and oxygen atoms in total. The van der Waals surface area contributed by atoms with Crippen LogP contribution in [-0.4, -0.2) is 48.2 Å². The van der Waals surface area contributed by atoms with Crippen molar-refractivity contribution in [1.82, 2.24) is 15.1 Å². The summed E-state index contributed by atoms with van der Waals surface area (Å²) in [5, 5.41) is 7.16. The second kappa shape index (κ2) is 5.97. The van der Waals surface area contributed by atoms with Gasteiger partial charge < -0.3 is 14.8 Å². The van der Waals surface area contributed by atoms with Gasteiger partial charge in [-0.05, 0) is 19.9 Å². The average molecular weight is 253 g/mol. The summed E-state index contributed by atoms with van der Waals surface area (Å²) in [4.78, 5) is 11.7. The molecule has 2 rings (SSSR count). The highest BCUT2D eigenvalue weighted by Crippen LogP contribution is 2.02. The van der Waals surface area contributed by atoms with E-state index < -0.39 is 6.10 Å². The maximum atomic E-state index is 11.7. The Morgan fingerprint density at radius 2 is 2.39 bits per heavy atom. The first kappa shape index (κ1) is 13.0. The van der Waals surface area contributed by atoms with Crippen LogP contribution in [0.2, 0.25) is 0 Å². The van der Waals surface area contributed by atoms with E-state index in [0.29, 0.717) is 32.9 Å². The summed E-state index contributed by atoms with van der Waals surface area (Å²) >= 11 is 0. The summed E-state index contributed by atoms with van der Waals surface area (Å²) in [7, 11) is 0. The van der Waals surface area contributed by atoms with Gasteiger partial charge in [0.25, 0.3) is 5.91 Å². The number of carbonyl (C=O) groups excluding carboxylic acids is 1. The first-order valence-corrected chi connectivity index (χ1v) is 6.15. The summed E-state index contributed by atoms with van der Waals surface area (Å²) in [6, 6.07) is 2.01. The van der Waals surface area contributed by atoms with Gasteiger partial charge in [0.2, 0.25) is 0 Å². The van der Waals surface area contributed by atoms with E-state index in [-0.39, 0.29) is 5.91 Å². The van der Waals surface area contributed by atoms with Crippen LogP contribution in [0.5, 0.6) is 0 Å². The molecule has 1 atom stereocenters. The predicted molar refractivity (Wildman–Crippen MR) is 65.3 cm³/mol. The van der Waals surface area contributed by atoms with Gasteiger partial charge in [0.1, 0.15) is 0 Å². The molecule has 0 saturated carbocycles. The Bertz CT molecular complexity index is 411. The van der Waals surface area contributed by atoms with Gasteiger partial charge in [-0.25, -0.2) is 0 Å². The van der Waals surface area contributed by atoms with Crippen molar-refractivity contribution in [3.05, 3.63) is 17.5 Å². The molecule has 0 spiro atoms. The molecule has 0 aromatic carbocycles. The number of carbonyl (C=O) groups is 1. The van der Waals surface area contributed by atoms with Crippen molar-refractivity contribution in [3.63, 3.8) is 0 Å². The van der Waals surface area contributed by atoms with Crippen molar-refractivity contribution in [2.75, 3.05) is 26.4 Å². The number of hydrogen-bond donors (Lipinski definition) is 1. The summed E-state index contributed by atoms with van der Waals surface area (Å²) < 4.78 is 12.4. The molecular formula is C12H19N3O3. The zero-order chi connectivity index (χ0) is 13.0. The molecule has 1 unspecified atom stereocenters. The second-order valence-corrected chi connectivity index (χ2v) is 4.38. The first-order chi connectivity index (χ1) is 8.66. The van der Waals surface area contributed by atoms with E-state index in [1.807, 2.05) is 24.6 Å². The van der Waals surface area contributed by atoms with Gasteiger partial charge in [0.05, 0.1) is 32.1 Å². The second-order valence-electron chi connectivity index (χ2n) is 4.38. The Morgan fingerprint density at radius 1 is 1.56 bits per heavy atom. The largest absolute Gasteiger partial charge is 0.376 e. The molecule has 0 radical (unpaired) electrons. The van der Waals surface area contributed by atoms with Gasteiger partial charge in [-0.3, -0.25) is 9.48 Å². The minimum Gasteiger partial charge on any atom is -0.376 e. The molecular weight excluding hydrogens is 234 g/mol. The fourth-order valence-electron chi connectivity index (χ4n) is 1.94. The van der Waals surface area contributed by atoms with Crippen LogP contribution in [0, 0.1) is 13.8 Å². The maximum absolute atomic E-state index is 11.7. The standard InChI is InChI=1S/C12H19N3O3/c1-9-7-10(2)15(14-9)4-3-13-12(16)11-8-17-5-6-18-11/h7,11H,3-6,8H2,1-2H3,(H,13,16). The SMILES string of the molecule is Cc1cc(C)n(CCNC(=O)C2COCCO2)n1. The van der Waals surface area contributed by atoms with E-state index >= 15 is 0 Å². The zero-order valence-corrected chi connectivity index (χ0v) is 10.8. The highest BCUT2D eigenvalue weighted by atomic mass is 16.6. The number of aryl methyl sites for hydroxylation is 2. The third kappa shape index (κ3) is 3.30. The highest BCUT2D eigenvalue weighted by Gasteiger charge is 2.21. The monoisotopic (exact) mass is 253 g/mol. The topological polar surface area (TPSA) is 65.4 Å². The summed E-state index contributed by atoms with van der Waals surface area (Å²) in [6.07, 6.45) is -0.473. The lowest BCUT2D eigenvalue weighted by atomic mass is 10.3. The van der Waals surface area contributed by atoms with Crippen LogP contribution in [0.1, 0.15) is 11.4 Å². The molecule has 6 heteroatoms. The van der Waals surface area contributed by atoms with E-state index in [2.05, 4.69) is 10.4 Å². The lowest BCUT2D eigenvalue weighted by molar-refractivity contribution is -0.147. The number of ether oxygens (including phenoxy) is 2. The first-order valence-electron chi connectivity index (χ1n) is 6.15. The molecule has 18 heavy (non-hydrogen) atoms. The lowest BCUT2D eigenvalue weighted by Crippen LogP contribution is -2.43. The third-order valence-electron chi connectivity index (χ3n) is 2.83. The van der Waals surface area contributed by atoms with Crippen LogP contribution < -0.4 is 5.32 Å². The molecule has 1 fully saturated rings. The number of hydrogen-bond acceptors (Lipinski definition) is 4. The van der Waals surface area contributed by atoms with E-state index in [1.165, 1.54) is 0 Å². The van der Waals surface area contributed by atoms with Gasteiger partial charge in [-0.2, -0.15) is 5.10 Å². The van der Waals surface area contributed by atoms with Crippen molar-refractivity contribution in [1.29, 1.82) is 0 Å². The molecule has 1 aromatic rings. The number of nitrogens with zero attached hydrogens (tertiary/aromatic N) is 2. The summed E-state index contributed by atoms with van der Waals surface area (Å²) in [5.74, 6) is -0.115. The van der Waals surface area contributed by atoms with Gasteiger partial charge >= 0.3 is 0 Å². The molecule has 1 aliphatic rings. The van der Waals surface area contributed by atoms with E-state index in [4.69, 9.17) is 9.47 Å². The Kier molecular flexibility index (Phi) is 4.33.